The number of methoxy groups -OCH3 is 1. The topological polar surface area (TPSA) is 111 Å². The van der Waals surface area contributed by atoms with E-state index in [-0.39, 0.29) is 30.3 Å². The number of carbonyl (C=O) groups excluding carboxylic acids is 3. The number of nitrogens with zero attached hydrogens (tertiary/aromatic N) is 1. The monoisotopic (exact) mass is 431 g/mol. The van der Waals surface area contributed by atoms with E-state index in [0.29, 0.717) is 11.3 Å². The maximum atomic E-state index is 12.3. The summed E-state index contributed by atoms with van der Waals surface area (Å²) in [6, 6.07) is 11.9. The van der Waals surface area contributed by atoms with Crippen LogP contribution in [-0.2, 0) is 14.4 Å². The largest absolute Gasteiger partial charge is 0.496 e. The summed E-state index contributed by atoms with van der Waals surface area (Å²) in [6.07, 6.45) is 0. The van der Waals surface area contributed by atoms with Gasteiger partial charge in [-0.15, -0.1) is 0 Å². The lowest BCUT2D eigenvalue weighted by Crippen LogP contribution is -2.11. The Kier molecular flexibility index (Phi) is 8.57. The zero-order valence-electron chi connectivity index (χ0n) is 16.7. The number of rotatable bonds is 9. The van der Waals surface area contributed by atoms with Gasteiger partial charge in [0.15, 0.2) is 0 Å². The van der Waals surface area contributed by atoms with Crippen molar-refractivity contribution in [1.82, 2.24) is 0 Å². The molecule has 0 atom stereocenters. The number of hydrogen-bond acceptors (Lipinski definition) is 9. The van der Waals surface area contributed by atoms with Gasteiger partial charge in [-0.1, -0.05) is 16.9 Å². The molecule has 0 aliphatic heterocycles. The van der Waals surface area contributed by atoms with Crippen LogP contribution in [0.2, 0.25) is 0 Å². The second-order valence-electron chi connectivity index (χ2n) is 5.94. The molecule has 9 heteroatoms. The highest BCUT2D eigenvalue weighted by atomic mass is 32.2. The first-order valence-electron chi connectivity index (χ1n) is 8.86. The van der Waals surface area contributed by atoms with Crippen LogP contribution in [0, 0.1) is 0 Å². The van der Waals surface area contributed by atoms with Crippen molar-refractivity contribution in [2.45, 2.75) is 23.6 Å². The molecule has 1 N–H and O–H groups in total. The van der Waals surface area contributed by atoms with Crippen LogP contribution in [0.4, 0.5) is 0 Å². The maximum Gasteiger partial charge on any atom is 0.342 e. The highest BCUT2D eigenvalue weighted by Gasteiger charge is 2.15. The van der Waals surface area contributed by atoms with Gasteiger partial charge < -0.3 is 19.4 Å². The predicted octanol–water partition coefficient (Wildman–Crippen LogP) is 3.12. The SMILES string of the molecule is COc1cc(Sc2ccc(C(=O)C(C)=NOC(C)=O)cc2)ccc1C(=O)OCCO. The van der Waals surface area contributed by atoms with E-state index in [1.54, 1.807) is 42.5 Å². The molecule has 0 saturated heterocycles. The number of oxime groups is 1. The molecule has 158 valence electrons. The number of ether oxygens (including phenoxy) is 2. The number of benzene rings is 2. The highest BCUT2D eigenvalue weighted by molar-refractivity contribution is 7.99. The van der Waals surface area contributed by atoms with Gasteiger partial charge in [-0.3, -0.25) is 4.79 Å². The number of carbonyl (C=O) groups is 3. The van der Waals surface area contributed by atoms with Crippen LogP contribution in [0.15, 0.2) is 57.4 Å². The Morgan fingerprint density at radius 3 is 2.30 bits per heavy atom. The first kappa shape index (κ1) is 23.1. The van der Waals surface area contributed by atoms with Gasteiger partial charge in [-0.05, 0) is 49.4 Å². The van der Waals surface area contributed by atoms with Crippen molar-refractivity contribution in [3.05, 3.63) is 53.6 Å². The van der Waals surface area contributed by atoms with E-state index in [2.05, 4.69) is 9.99 Å². The molecule has 8 nitrogen and oxygen atoms in total. The van der Waals surface area contributed by atoms with E-state index in [1.165, 1.54) is 32.7 Å². The van der Waals surface area contributed by atoms with Gasteiger partial charge in [-0.2, -0.15) is 0 Å². The van der Waals surface area contributed by atoms with Gasteiger partial charge in [0, 0.05) is 22.3 Å². The summed E-state index contributed by atoms with van der Waals surface area (Å²) in [5, 5.41) is 12.3. The Morgan fingerprint density at radius 1 is 1.03 bits per heavy atom. The molecule has 0 aromatic heterocycles. The molecule has 0 aliphatic rings. The first-order chi connectivity index (χ1) is 14.3. The second kappa shape index (κ2) is 11.1. The van der Waals surface area contributed by atoms with Crippen molar-refractivity contribution in [2.24, 2.45) is 5.16 Å². The lowest BCUT2D eigenvalue weighted by Gasteiger charge is -2.10. The van der Waals surface area contributed by atoms with E-state index in [9.17, 15) is 14.4 Å². The first-order valence-corrected chi connectivity index (χ1v) is 9.68. The number of aliphatic hydroxyl groups is 1. The summed E-state index contributed by atoms with van der Waals surface area (Å²) in [7, 11) is 1.45. The fourth-order valence-electron chi connectivity index (χ4n) is 2.31. The van der Waals surface area contributed by atoms with Crippen molar-refractivity contribution in [3.8, 4) is 5.75 Å². The molecular formula is C21H21NO7S. The Hall–Kier alpha value is -3.17. The van der Waals surface area contributed by atoms with Crippen LogP contribution in [0.25, 0.3) is 0 Å². The molecule has 30 heavy (non-hydrogen) atoms. The van der Waals surface area contributed by atoms with Gasteiger partial charge in [0.1, 0.15) is 23.6 Å². The number of aliphatic hydroxyl groups excluding tert-OH is 1. The fourth-order valence-corrected chi connectivity index (χ4v) is 3.16. The van der Waals surface area contributed by atoms with E-state index in [1.807, 2.05) is 0 Å². The fraction of sp³-hybridized carbons (Fsp3) is 0.238. The predicted molar refractivity (Wildman–Crippen MR) is 110 cm³/mol. The Bertz CT molecular complexity index is 954. The summed E-state index contributed by atoms with van der Waals surface area (Å²) in [5.74, 6) is -1.17. The third kappa shape index (κ3) is 6.43. The van der Waals surface area contributed by atoms with Crippen molar-refractivity contribution >= 4 is 35.2 Å². The molecule has 2 aromatic carbocycles. The quantitative estimate of drug-likeness (QED) is 0.212. The summed E-state index contributed by atoms with van der Waals surface area (Å²) < 4.78 is 10.2. The Balaban J connectivity index is 2.11. The average molecular weight is 431 g/mol. The smallest absolute Gasteiger partial charge is 0.342 e. The molecule has 0 amide bonds. The molecular weight excluding hydrogens is 410 g/mol. The van der Waals surface area contributed by atoms with E-state index >= 15 is 0 Å². The maximum absolute atomic E-state index is 12.3. The van der Waals surface area contributed by atoms with Gasteiger partial charge in [-0.25, -0.2) is 9.59 Å². The van der Waals surface area contributed by atoms with Crippen LogP contribution < -0.4 is 4.74 Å². The summed E-state index contributed by atoms with van der Waals surface area (Å²) in [5.41, 5.74) is 0.741. The number of Topliss-reactive ketones (excluding diaryl/α,β-unsaturated/α-hetero) is 1. The Morgan fingerprint density at radius 2 is 1.70 bits per heavy atom. The lowest BCUT2D eigenvalue weighted by atomic mass is 10.1. The minimum Gasteiger partial charge on any atom is -0.496 e. The number of ketones is 1. The minimum atomic E-state index is -0.600. The van der Waals surface area contributed by atoms with Crippen molar-refractivity contribution in [2.75, 3.05) is 20.3 Å². The van der Waals surface area contributed by atoms with Crippen LogP contribution >= 0.6 is 11.8 Å². The molecule has 0 saturated carbocycles. The zero-order chi connectivity index (χ0) is 22.1. The molecule has 0 radical (unpaired) electrons. The summed E-state index contributed by atoms with van der Waals surface area (Å²) >= 11 is 1.42. The molecule has 0 aliphatic carbocycles. The zero-order valence-corrected chi connectivity index (χ0v) is 17.5. The van der Waals surface area contributed by atoms with Gasteiger partial charge in [0.05, 0.1) is 13.7 Å². The number of esters is 1. The van der Waals surface area contributed by atoms with Crippen LogP contribution in [-0.4, -0.2) is 48.9 Å². The van der Waals surface area contributed by atoms with Gasteiger partial charge in [0.25, 0.3) is 0 Å². The molecule has 0 unspecified atom stereocenters. The molecule has 0 bridgehead atoms. The van der Waals surface area contributed by atoms with E-state index in [0.717, 1.165) is 9.79 Å². The summed E-state index contributed by atoms with van der Waals surface area (Å²) in [4.78, 5) is 41.2. The molecule has 2 rings (SSSR count). The third-order valence-electron chi connectivity index (χ3n) is 3.71. The van der Waals surface area contributed by atoms with Crippen molar-refractivity contribution in [3.63, 3.8) is 0 Å². The van der Waals surface area contributed by atoms with E-state index < -0.39 is 11.9 Å². The molecule has 2 aromatic rings. The standard InChI is InChI=1S/C21H21NO7S/c1-13(22-29-14(2)24)20(25)15-4-6-16(7-5-15)30-17-8-9-18(19(12-17)27-3)21(26)28-11-10-23/h4-9,12,23H,10-11H2,1-3H3. The minimum absolute atomic E-state index is 0.0685. The lowest BCUT2D eigenvalue weighted by molar-refractivity contribution is -0.140. The van der Waals surface area contributed by atoms with Crippen molar-refractivity contribution in [1.29, 1.82) is 0 Å². The second-order valence-corrected chi connectivity index (χ2v) is 7.08. The molecule has 0 fully saturated rings. The normalized spacial score (nSPS) is 11.0. The van der Waals surface area contributed by atoms with E-state index in [4.69, 9.17) is 14.6 Å². The van der Waals surface area contributed by atoms with Gasteiger partial charge >= 0.3 is 11.9 Å². The van der Waals surface area contributed by atoms with Gasteiger partial charge in [0.2, 0.25) is 5.78 Å². The molecule has 0 heterocycles. The average Bonchev–Trinajstić information content (AvgIpc) is 2.75. The van der Waals surface area contributed by atoms with Crippen LogP contribution in [0.5, 0.6) is 5.75 Å². The Labute approximate surface area is 177 Å². The van der Waals surface area contributed by atoms with Crippen LogP contribution in [0.3, 0.4) is 0 Å². The molecule has 0 spiro atoms. The number of hydrogen-bond donors (Lipinski definition) is 1. The summed E-state index contributed by atoms with van der Waals surface area (Å²) in [6.45, 7) is 2.32. The highest BCUT2D eigenvalue weighted by Crippen LogP contribution is 2.32. The van der Waals surface area contributed by atoms with Crippen LogP contribution in [0.1, 0.15) is 34.6 Å². The third-order valence-corrected chi connectivity index (χ3v) is 4.71. The van der Waals surface area contributed by atoms with Crippen molar-refractivity contribution < 1.29 is 33.8 Å².